The van der Waals surface area contributed by atoms with Gasteiger partial charge in [0.15, 0.2) is 11.6 Å². The normalized spacial score (nSPS) is 15.8. The van der Waals surface area contributed by atoms with Gasteiger partial charge in [-0.2, -0.15) is 0 Å². The Labute approximate surface area is 112 Å². The van der Waals surface area contributed by atoms with Crippen LogP contribution in [0.4, 0.5) is 10.1 Å². The van der Waals surface area contributed by atoms with Gasteiger partial charge in [0, 0.05) is 0 Å². The van der Waals surface area contributed by atoms with E-state index in [0.717, 1.165) is 0 Å². The van der Waals surface area contributed by atoms with Crippen molar-refractivity contribution in [3.05, 3.63) is 28.3 Å². The first-order valence-corrected chi connectivity index (χ1v) is 6.26. The van der Waals surface area contributed by atoms with Gasteiger partial charge < -0.3 is 5.32 Å². The van der Waals surface area contributed by atoms with E-state index in [1.807, 2.05) is 13.8 Å². The van der Waals surface area contributed by atoms with Gasteiger partial charge in [-0.25, -0.2) is 9.37 Å². The summed E-state index contributed by atoms with van der Waals surface area (Å²) in [7, 11) is 0. The van der Waals surface area contributed by atoms with Crippen molar-refractivity contribution in [1.29, 1.82) is 0 Å². The Bertz CT molecular complexity index is 649. The van der Waals surface area contributed by atoms with Crippen LogP contribution in [0.5, 0.6) is 0 Å². The first kappa shape index (κ1) is 11.6. The van der Waals surface area contributed by atoms with E-state index < -0.39 is 11.4 Å². The van der Waals surface area contributed by atoms with Crippen LogP contribution in [0.25, 0.3) is 5.69 Å². The molecule has 0 aromatic carbocycles. The lowest BCUT2D eigenvalue weighted by molar-refractivity contribution is 0.518. The van der Waals surface area contributed by atoms with Crippen molar-refractivity contribution < 1.29 is 4.39 Å². The molecule has 0 unspecified atom stereocenters. The van der Waals surface area contributed by atoms with Gasteiger partial charge in [-0.3, -0.25) is 4.57 Å². The van der Waals surface area contributed by atoms with Gasteiger partial charge in [0.2, 0.25) is 0 Å². The molecular formula is C11H11BrFN5. The van der Waals surface area contributed by atoms with Crippen molar-refractivity contribution in [2.24, 2.45) is 0 Å². The molecule has 7 heteroatoms. The monoisotopic (exact) mass is 311 g/mol. The zero-order chi connectivity index (χ0) is 13.1. The van der Waals surface area contributed by atoms with Crippen molar-refractivity contribution in [2.75, 3.05) is 5.32 Å². The molecule has 0 fully saturated rings. The van der Waals surface area contributed by atoms with E-state index in [4.69, 9.17) is 0 Å². The summed E-state index contributed by atoms with van der Waals surface area (Å²) < 4.78 is 16.2. The van der Waals surface area contributed by atoms with E-state index in [1.165, 1.54) is 0 Å². The number of aromatic nitrogens is 4. The molecule has 0 amide bonds. The van der Waals surface area contributed by atoms with Gasteiger partial charge >= 0.3 is 0 Å². The summed E-state index contributed by atoms with van der Waals surface area (Å²) in [6, 6.07) is 0. The molecule has 0 bridgehead atoms. The lowest BCUT2D eigenvalue weighted by Crippen LogP contribution is -2.36. The molecule has 0 radical (unpaired) electrons. The third kappa shape index (κ3) is 1.40. The quantitative estimate of drug-likeness (QED) is 0.760. The first-order chi connectivity index (χ1) is 8.42. The highest BCUT2D eigenvalue weighted by atomic mass is 79.9. The Kier molecular flexibility index (Phi) is 2.25. The van der Waals surface area contributed by atoms with E-state index in [2.05, 4.69) is 36.4 Å². The molecule has 0 saturated carbocycles. The van der Waals surface area contributed by atoms with Crippen LogP contribution in [0.2, 0.25) is 0 Å². The highest BCUT2D eigenvalue weighted by Crippen LogP contribution is 2.38. The number of nitrogens with zero attached hydrogens (tertiary/aromatic N) is 4. The second kappa shape index (κ2) is 3.50. The molecule has 5 nitrogen and oxygen atoms in total. The maximum Gasteiger partial charge on any atom is 0.182 e. The zero-order valence-corrected chi connectivity index (χ0v) is 11.7. The Morgan fingerprint density at radius 2 is 2.11 bits per heavy atom. The van der Waals surface area contributed by atoms with E-state index in [0.29, 0.717) is 23.0 Å². The Morgan fingerprint density at radius 1 is 1.39 bits per heavy atom. The molecule has 0 spiro atoms. The van der Waals surface area contributed by atoms with Crippen molar-refractivity contribution in [1.82, 2.24) is 19.7 Å². The number of pyridine rings is 1. The third-order valence-corrected chi connectivity index (χ3v) is 3.56. The number of aryl methyl sites for hydroxylation is 1. The lowest BCUT2D eigenvalue weighted by atomic mass is 10.0. The van der Waals surface area contributed by atoms with Crippen molar-refractivity contribution in [3.8, 4) is 5.69 Å². The molecule has 1 N–H and O–H groups in total. The molecule has 1 aliphatic rings. The smallest absolute Gasteiger partial charge is 0.182 e. The summed E-state index contributed by atoms with van der Waals surface area (Å²) in [5.74, 6) is 0.918. The molecular weight excluding hydrogens is 301 g/mol. The van der Waals surface area contributed by atoms with Crippen LogP contribution in [0.1, 0.15) is 25.5 Å². The van der Waals surface area contributed by atoms with E-state index in [1.54, 1.807) is 17.7 Å². The number of hydrogen-bond acceptors (Lipinski definition) is 4. The summed E-state index contributed by atoms with van der Waals surface area (Å²) >= 11 is 3.10. The maximum atomic E-state index is 14.2. The number of rotatable bonds is 0. The molecule has 2 aromatic rings. The minimum Gasteiger partial charge on any atom is -0.370 e. The van der Waals surface area contributed by atoms with Gasteiger partial charge in [-0.1, -0.05) is 0 Å². The summed E-state index contributed by atoms with van der Waals surface area (Å²) in [6.07, 6.45) is 1.60. The van der Waals surface area contributed by atoms with Crippen molar-refractivity contribution >= 4 is 21.6 Å². The number of nitrogens with one attached hydrogen (secondary N) is 1. The van der Waals surface area contributed by atoms with Crippen LogP contribution >= 0.6 is 15.9 Å². The summed E-state index contributed by atoms with van der Waals surface area (Å²) in [5.41, 5.74) is 0.626. The Balaban J connectivity index is 2.40. The fraction of sp³-hybridized carbons (Fsp3) is 0.364. The average Bonchev–Trinajstić information content (AvgIpc) is 2.67. The molecule has 0 atom stereocenters. The molecule has 1 aliphatic heterocycles. The number of hydrogen-bond donors (Lipinski definition) is 1. The minimum absolute atomic E-state index is 0.182. The highest BCUT2D eigenvalue weighted by Gasteiger charge is 2.36. The van der Waals surface area contributed by atoms with Gasteiger partial charge in [-0.05, 0) is 36.7 Å². The van der Waals surface area contributed by atoms with E-state index >= 15 is 0 Å². The maximum absolute atomic E-state index is 14.2. The topological polar surface area (TPSA) is 55.6 Å². The fourth-order valence-electron chi connectivity index (χ4n) is 2.19. The molecule has 94 valence electrons. The standard InChI is InChI=1S/C11H11BrFN5/c1-5-16-17-10-11(2,3)15-6-4-14-9(12)7(13)8(6)18(5)10/h4,15H,1-3H3. The van der Waals surface area contributed by atoms with Crippen molar-refractivity contribution in [3.63, 3.8) is 0 Å². The number of fused-ring (bicyclic) bond motifs is 3. The number of halogens is 2. The van der Waals surface area contributed by atoms with E-state index in [-0.39, 0.29) is 4.60 Å². The van der Waals surface area contributed by atoms with Crippen LogP contribution in [0.15, 0.2) is 10.8 Å². The second-order valence-corrected chi connectivity index (χ2v) is 5.53. The van der Waals surface area contributed by atoms with Gasteiger partial charge in [0.1, 0.15) is 16.1 Å². The second-order valence-electron chi connectivity index (χ2n) is 4.78. The summed E-state index contributed by atoms with van der Waals surface area (Å²) in [4.78, 5) is 3.97. The highest BCUT2D eigenvalue weighted by molar-refractivity contribution is 9.10. The van der Waals surface area contributed by atoms with Crippen LogP contribution in [0.3, 0.4) is 0 Å². The fourth-order valence-corrected chi connectivity index (χ4v) is 2.48. The Morgan fingerprint density at radius 3 is 2.83 bits per heavy atom. The van der Waals surface area contributed by atoms with Crippen LogP contribution in [0, 0.1) is 12.7 Å². The molecule has 2 aromatic heterocycles. The predicted octanol–water partition coefficient (Wildman–Crippen LogP) is 2.53. The summed E-state index contributed by atoms with van der Waals surface area (Å²) in [6.45, 7) is 5.74. The molecule has 0 aliphatic carbocycles. The Hall–Kier alpha value is -1.50. The minimum atomic E-state index is -0.420. The third-order valence-electron chi connectivity index (χ3n) is 3.01. The largest absolute Gasteiger partial charge is 0.370 e. The van der Waals surface area contributed by atoms with Crippen molar-refractivity contribution in [2.45, 2.75) is 26.3 Å². The zero-order valence-electron chi connectivity index (χ0n) is 10.1. The lowest BCUT2D eigenvalue weighted by Gasteiger charge is -2.33. The van der Waals surface area contributed by atoms with Gasteiger partial charge in [-0.15, -0.1) is 10.2 Å². The SMILES string of the molecule is Cc1nnc2n1-c1c(cnc(Br)c1F)NC2(C)C. The molecule has 3 heterocycles. The predicted molar refractivity (Wildman–Crippen MR) is 68.2 cm³/mol. The molecule has 18 heavy (non-hydrogen) atoms. The molecule has 0 saturated heterocycles. The van der Waals surface area contributed by atoms with E-state index in [9.17, 15) is 4.39 Å². The van der Waals surface area contributed by atoms with Crippen LogP contribution < -0.4 is 5.32 Å². The average molecular weight is 312 g/mol. The first-order valence-electron chi connectivity index (χ1n) is 5.47. The molecule has 3 rings (SSSR count). The van der Waals surface area contributed by atoms with Crippen LogP contribution in [-0.4, -0.2) is 19.7 Å². The van der Waals surface area contributed by atoms with Gasteiger partial charge in [0.05, 0.1) is 17.4 Å². The summed E-state index contributed by atoms with van der Waals surface area (Å²) in [5, 5.41) is 11.4. The van der Waals surface area contributed by atoms with Gasteiger partial charge in [0.25, 0.3) is 0 Å². The van der Waals surface area contributed by atoms with Crippen LogP contribution in [-0.2, 0) is 5.54 Å². The number of anilines is 1.